The molecule has 2 N–H and O–H groups in total. The fraction of sp³-hybridized carbons (Fsp3) is 0.375. The number of aromatic amines is 1. The molecular weight excluding hydrogens is 218 g/mol. The molecular formula is C8H11N3O3S. The minimum Gasteiger partial charge on any atom is -0.481 e. The van der Waals surface area contributed by atoms with Gasteiger partial charge in [-0.3, -0.25) is 9.36 Å². The number of aromatic nitrogens is 3. The number of aliphatic carboxylic acids is 1. The lowest BCUT2D eigenvalue weighted by atomic mass is 10.3. The first kappa shape index (κ1) is 11.6. The van der Waals surface area contributed by atoms with E-state index in [2.05, 4.69) is 16.8 Å². The Morgan fingerprint density at radius 1 is 1.73 bits per heavy atom. The largest absolute Gasteiger partial charge is 0.481 e. The van der Waals surface area contributed by atoms with Crippen LogP contribution in [0.1, 0.15) is 6.92 Å². The van der Waals surface area contributed by atoms with E-state index in [1.807, 2.05) is 0 Å². The highest BCUT2D eigenvalue weighted by Gasteiger charge is 2.10. The van der Waals surface area contributed by atoms with Crippen molar-refractivity contribution in [2.45, 2.75) is 18.6 Å². The van der Waals surface area contributed by atoms with Crippen LogP contribution >= 0.6 is 11.8 Å². The van der Waals surface area contributed by atoms with Gasteiger partial charge in [-0.15, -0.1) is 5.10 Å². The number of allylic oxidation sites excluding steroid dienone is 1. The molecule has 0 unspecified atom stereocenters. The average Bonchev–Trinajstić information content (AvgIpc) is 2.44. The Balaban J connectivity index is 2.83. The van der Waals surface area contributed by atoms with Crippen molar-refractivity contribution in [1.82, 2.24) is 14.8 Å². The van der Waals surface area contributed by atoms with Crippen molar-refractivity contribution in [2.75, 3.05) is 5.75 Å². The van der Waals surface area contributed by atoms with Crippen LogP contribution in [0.4, 0.5) is 0 Å². The van der Waals surface area contributed by atoms with Crippen molar-refractivity contribution in [1.29, 1.82) is 0 Å². The van der Waals surface area contributed by atoms with Gasteiger partial charge in [0, 0.05) is 0 Å². The molecule has 0 spiro atoms. The third-order valence-corrected chi connectivity index (χ3v) is 2.44. The Labute approximate surface area is 90.0 Å². The first-order valence-corrected chi connectivity index (χ1v) is 5.13. The van der Waals surface area contributed by atoms with Crippen molar-refractivity contribution in [2.24, 2.45) is 0 Å². The lowest BCUT2D eigenvalue weighted by Crippen LogP contribution is -2.18. The van der Waals surface area contributed by atoms with Crippen molar-refractivity contribution >= 4 is 17.7 Å². The summed E-state index contributed by atoms with van der Waals surface area (Å²) in [7, 11) is 0. The van der Waals surface area contributed by atoms with Gasteiger partial charge in [-0.2, -0.15) is 0 Å². The van der Waals surface area contributed by atoms with Crippen molar-refractivity contribution < 1.29 is 9.90 Å². The monoisotopic (exact) mass is 229 g/mol. The minimum atomic E-state index is -0.947. The Morgan fingerprint density at radius 3 is 2.93 bits per heavy atom. The predicted octanol–water partition coefficient (Wildman–Crippen LogP) is 0.324. The normalized spacial score (nSPS) is 10.2. The zero-order chi connectivity index (χ0) is 11.4. The van der Waals surface area contributed by atoms with Crippen LogP contribution in [0.3, 0.4) is 0 Å². The summed E-state index contributed by atoms with van der Waals surface area (Å²) in [6.07, 6.45) is 0. The molecule has 0 aliphatic rings. The second kappa shape index (κ2) is 4.83. The smallest absolute Gasteiger partial charge is 0.344 e. The third kappa shape index (κ3) is 3.28. The number of carboxylic acids is 1. The third-order valence-electron chi connectivity index (χ3n) is 1.48. The van der Waals surface area contributed by atoms with Crippen LogP contribution in [0.2, 0.25) is 0 Å². The minimum absolute atomic E-state index is 0.125. The molecule has 15 heavy (non-hydrogen) atoms. The molecule has 1 rings (SSSR count). The van der Waals surface area contributed by atoms with Crippen molar-refractivity contribution in [3.8, 4) is 0 Å². The van der Waals surface area contributed by atoms with Gasteiger partial charge in [0.25, 0.3) is 0 Å². The summed E-state index contributed by atoms with van der Waals surface area (Å²) in [6.45, 7) is 5.81. The fourth-order valence-corrected chi connectivity index (χ4v) is 1.62. The van der Waals surface area contributed by atoms with Gasteiger partial charge in [0.2, 0.25) is 0 Å². The summed E-state index contributed by atoms with van der Waals surface area (Å²) in [6, 6.07) is 0. The van der Waals surface area contributed by atoms with Crippen LogP contribution < -0.4 is 5.69 Å². The van der Waals surface area contributed by atoms with Gasteiger partial charge in [-0.1, -0.05) is 23.9 Å². The predicted molar refractivity (Wildman–Crippen MR) is 56.0 cm³/mol. The fourth-order valence-electron chi connectivity index (χ4n) is 0.949. The van der Waals surface area contributed by atoms with Gasteiger partial charge in [0.15, 0.2) is 5.16 Å². The summed E-state index contributed by atoms with van der Waals surface area (Å²) in [5.41, 5.74) is 0.446. The maximum absolute atomic E-state index is 11.3. The molecule has 0 atom stereocenters. The van der Waals surface area contributed by atoms with E-state index in [9.17, 15) is 9.59 Å². The van der Waals surface area contributed by atoms with Gasteiger partial charge in [-0.05, 0) is 6.92 Å². The lowest BCUT2D eigenvalue weighted by molar-refractivity contribution is -0.133. The van der Waals surface area contributed by atoms with E-state index >= 15 is 0 Å². The maximum atomic E-state index is 11.3. The van der Waals surface area contributed by atoms with Crippen molar-refractivity contribution in [3.05, 3.63) is 22.6 Å². The van der Waals surface area contributed by atoms with Crippen LogP contribution in [-0.4, -0.2) is 31.6 Å². The molecule has 6 nitrogen and oxygen atoms in total. The molecule has 0 aromatic carbocycles. The highest BCUT2D eigenvalue weighted by molar-refractivity contribution is 7.99. The number of nitrogens with one attached hydrogen (secondary N) is 1. The maximum Gasteiger partial charge on any atom is 0.344 e. The molecule has 0 aliphatic carbocycles. The highest BCUT2D eigenvalue weighted by atomic mass is 32.2. The molecule has 82 valence electrons. The number of rotatable bonds is 5. The molecule has 0 fully saturated rings. The average molecular weight is 229 g/mol. The number of carboxylic acid groups (broad SMARTS) is 1. The van der Waals surface area contributed by atoms with E-state index in [1.165, 1.54) is 4.57 Å². The molecule has 0 amide bonds. The van der Waals surface area contributed by atoms with Gasteiger partial charge >= 0.3 is 11.7 Å². The number of carbonyl (C=O) groups is 1. The number of H-pyrrole nitrogens is 1. The van der Waals surface area contributed by atoms with Crippen LogP contribution in [0.15, 0.2) is 22.1 Å². The van der Waals surface area contributed by atoms with E-state index < -0.39 is 5.97 Å². The lowest BCUT2D eigenvalue weighted by Gasteiger charge is -2.02. The molecule has 0 bridgehead atoms. The molecule has 0 aliphatic heterocycles. The first-order valence-electron chi connectivity index (χ1n) is 4.15. The van der Waals surface area contributed by atoms with Crippen LogP contribution in [0.25, 0.3) is 0 Å². The Hall–Kier alpha value is -1.50. The van der Waals surface area contributed by atoms with Crippen LogP contribution in [0, 0.1) is 0 Å². The molecule has 1 aromatic rings. The summed E-state index contributed by atoms with van der Waals surface area (Å²) in [4.78, 5) is 21.6. The first-order chi connectivity index (χ1) is 7.00. The summed E-state index contributed by atoms with van der Waals surface area (Å²) < 4.78 is 1.36. The second-order valence-electron chi connectivity index (χ2n) is 3.04. The number of hydrogen-bond acceptors (Lipinski definition) is 4. The number of nitrogens with zero attached hydrogens (tertiary/aromatic N) is 2. The SMILES string of the molecule is C=C(C)Cn1c(SCC(=O)O)n[nH]c1=O. The molecule has 1 aromatic heterocycles. The zero-order valence-corrected chi connectivity index (χ0v) is 9.00. The van der Waals surface area contributed by atoms with E-state index in [1.54, 1.807) is 6.92 Å². The Morgan fingerprint density at radius 2 is 2.40 bits per heavy atom. The second-order valence-corrected chi connectivity index (χ2v) is 3.98. The highest BCUT2D eigenvalue weighted by Crippen LogP contribution is 2.13. The van der Waals surface area contributed by atoms with Gasteiger partial charge in [-0.25, -0.2) is 9.89 Å². The Kier molecular flexibility index (Phi) is 3.73. The summed E-state index contributed by atoms with van der Waals surface area (Å²) in [5.74, 6) is -1.07. The molecule has 0 radical (unpaired) electrons. The van der Waals surface area contributed by atoms with Crippen LogP contribution in [0.5, 0.6) is 0 Å². The summed E-state index contributed by atoms with van der Waals surface area (Å²) >= 11 is 0.998. The number of hydrogen-bond donors (Lipinski definition) is 2. The van der Waals surface area contributed by atoms with Crippen molar-refractivity contribution in [3.63, 3.8) is 0 Å². The topological polar surface area (TPSA) is 88.0 Å². The molecule has 0 saturated heterocycles. The van der Waals surface area contributed by atoms with E-state index in [4.69, 9.17) is 5.11 Å². The quantitative estimate of drug-likeness (QED) is 0.561. The summed E-state index contributed by atoms with van der Waals surface area (Å²) in [5, 5.41) is 14.9. The Bertz CT molecular complexity index is 435. The van der Waals surface area contributed by atoms with E-state index in [-0.39, 0.29) is 11.4 Å². The van der Waals surface area contributed by atoms with Crippen LogP contribution in [-0.2, 0) is 11.3 Å². The molecule has 1 heterocycles. The van der Waals surface area contributed by atoms with E-state index in [0.29, 0.717) is 11.7 Å². The van der Waals surface area contributed by atoms with Gasteiger partial charge in [0.05, 0.1) is 12.3 Å². The zero-order valence-electron chi connectivity index (χ0n) is 8.19. The van der Waals surface area contributed by atoms with E-state index in [0.717, 1.165) is 17.3 Å². The number of thioether (sulfide) groups is 1. The van der Waals surface area contributed by atoms with Gasteiger partial charge < -0.3 is 5.11 Å². The molecule has 7 heteroatoms. The standard InChI is InChI=1S/C8H11N3O3S/c1-5(2)3-11-7(14)9-10-8(11)15-4-6(12)13/h1,3-4H2,2H3,(H,9,14)(H,12,13). The van der Waals surface area contributed by atoms with Gasteiger partial charge in [0.1, 0.15) is 0 Å². The molecule has 0 saturated carbocycles.